The van der Waals surface area contributed by atoms with E-state index in [1.165, 1.54) is 5.56 Å². The van der Waals surface area contributed by atoms with Gasteiger partial charge in [-0.25, -0.2) is 0 Å². The lowest BCUT2D eigenvalue weighted by molar-refractivity contribution is -0.123. The number of amides is 1. The number of oxime groups is 1. The van der Waals surface area contributed by atoms with Gasteiger partial charge < -0.3 is 16.3 Å². The van der Waals surface area contributed by atoms with E-state index in [1.54, 1.807) is 0 Å². The number of carbonyl (C=O) groups is 1. The molecule has 0 aliphatic heterocycles. The molecule has 4 N–H and O–H groups in total. The summed E-state index contributed by atoms with van der Waals surface area (Å²) < 4.78 is 0. The zero-order valence-electron chi connectivity index (χ0n) is 11.7. The number of carbonyl (C=O) groups excluding carboxylic acids is 1. The Morgan fingerprint density at radius 2 is 2.30 bits per heavy atom. The maximum atomic E-state index is 12.4. The largest absolute Gasteiger partial charge is 0.409 e. The highest BCUT2D eigenvalue weighted by atomic mass is 16.4. The minimum Gasteiger partial charge on any atom is -0.409 e. The average Bonchev–Trinajstić information content (AvgIpc) is 2.46. The van der Waals surface area contributed by atoms with E-state index in [0.717, 1.165) is 24.8 Å². The maximum Gasteiger partial charge on any atom is 0.227 e. The van der Waals surface area contributed by atoms with Gasteiger partial charge in [-0.15, -0.1) is 0 Å². The second kappa shape index (κ2) is 6.41. The summed E-state index contributed by atoms with van der Waals surface area (Å²) in [6.45, 7) is 1.85. The van der Waals surface area contributed by atoms with Crippen LogP contribution in [-0.2, 0) is 11.2 Å². The summed E-state index contributed by atoms with van der Waals surface area (Å²) >= 11 is 0. The summed E-state index contributed by atoms with van der Waals surface area (Å²) in [7, 11) is 0. The Morgan fingerprint density at radius 1 is 1.55 bits per heavy atom. The van der Waals surface area contributed by atoms with Crippen LogP contribution < -0.4 is 11.1 Å². The SMILES string of the molecule is CC(CC(N)=NO)NC(=O)C1CCCc2ccccc21. The lowest BCUT2D eigenvalue weighted by Crippen LogP contribution is -2.39. The minimum absolute atomic E-state index is 0.0235. The molecule has 2 unspecified atom stereocenters. The van der Waals surface area contributed by atoms with Crippen molar-refractivity contribution < 1.29 is 10.0 Å². The third-order valence-corrected chi connectivity index (χ3v) is 3.72. The first-order valence-corrected chi connectivity index (χ1v) is 6.96. The molecular formula is C15H21N3O2. The highest BCUT2D eigenvalue weighted by Gasteiger charge is 2.26. The van der Waals surface area contributed by atoms with Crippen LogP contribution in [0.1, 0.15) is 43.2 Å². The van der Waals surface area contributed by atoms with Gasteiger partial charge in [-0.1, -0.05) is 29.4 Å². The monoisotopic (exact) mass is 275 g/mol. The molecular weight excluding hydrogens is 254 g/mol. The van der Waals surface area contributed by atoms with Crippen molar-refractivity contribution in [1.29, 1.82) is 0 Å². The number of nitrogens with one attached hydrogen (secondary N) is 1. The first-order chi connectivity index (χ1) is 9.61. The minimum atomic E-state index is -0.146. The van der Waals surface area contributed by atoms with Gasteiger partial charge in [0.2, 0.25) is 5.91 Å². The molecule has 2 atom stereocenters. The van der Waals surface area contributed by atoms with E-state index < -0.39 is 0 Å². The molecule has 1 aromatic rings. The number of hydrogen-bond acceptors (Lipinski definition) is 3. The molecule has 1 aromatic carbocycles. The lowest BCUT2D eigenvalue weighted by Gasteiger charge is -2.26. The zero-order chi connectivity index (χ0) is 14.5. The van der Waals surface area contributed by atoms with Crippen LogP contribution in [0.2, 0.25) is 0 Å². The van der Waals surface area contributed by atoms with Gasteiger partial charge in [0, 0.05) is 12.5 Å². The fourth-order valence-electron chi connectivity index (χ4n) is 2.78. The third-order valence-electron chi connectivity index (χ3n) is 3.72. The van der Waals surface area contributed by atoms with Gasteiger partial charge in [0.1, 0.15) is 5.84 Å². The van der Waals surface area contributed by atoms with Crippen LogP contribution in [0.15, 0.2) is 29.4 Å². The van der Waals surface area contributed by atoms with Gasteiger partial charge in [0.15, 0.2) is 0 Å². The molecule has 0 radical (unpaired) electrons. The summed E-state index contributed by atoms with van der Waals surface area (Å²) in [5.74, 6) is 0.0620. The van der Waals surface area contributed by atoms with Crippen LogP contribution in [-0.4, -0.2) is 23.0 Å². The quantitative estimate of drug-likeness (QED) is 0.338. The van der Waals surface area contributed by atoms with Crippen molar-refractivity contribution in [2.45, 2.75) is 44.6 Å². The summed E-state index contributed by atoms with van der Waals surface area (Å²) in [6, 6.07) is 7.97. The predicted octanol–water partition coefficient (Wildman–Crippen LogP) is 1.75. The van der Waals surface area contributed by atoms with Crippen LogP contribution in [0.5, 0.6) is 0 Å². The van der Waals surface area contributed by atoms with E-state index in [2.05, 4.69) is 16.5 Å². The summed E-state index contributed by atoms with van der Waals surface area (Å²) in [4.78, 5) is 12.4. The molecule has 0 heterocycles. The van der Waals surface area contributed by atoms with Gasteiger partial charge in [-0.05, 0) is 37.3 Å². The smallest absolute Gasteiger partial charge is 0.227 e. The van der Waals surface area contributed by atoms with E-state index in [9.17, 15) is 4.79 Å². The third kappa shape index (κ3) is 3.29. The van der Waals surface area contributed by atoms with Gasteiger partial charge in [0.05, 0.1) is 5.92 Å². The van der Waals surface area contributed by atoms with Crippen LogP contribution in [0, 0.1) is 0 Å². The molecule has 0 bridgehead atoms. The Balaban J connectivity index is 2.04. The van der Waals surface area contributed by atoms with Crippen molar-refractivity contribution in [3.05, 3.63) is 35.4 Å². The maximum absolute atomic E-state index is 12.4. The second-order valence-electron chi connectivity index (χ2n) is 5.35. The molecule has 1 aliphatic rings. The summed E-state index contributed by atoms with van der Waals surface area (Å²) in [5.41, 5.74) is 7.85. The molecule has 0 saturated carbocycles. The molecule has 0 spiro atoms. The number of amidine groups is 1. The molecule has 1 amide bonds. The molecule has 20 heavy (non-hydrogen) atoms. The van der Waals surface area contributed by atoms with Crippen molar-refractivity contribution >= 4 is 11.7 Å². The van der Waals surface area contributed by atoms with Crippen molar-refractivity contribution in [3.63, 3.8) is 0 Å². The van der Waals surface area contributed by atoms with E-state index in [1.807, 2.05) is 25.1 Å². The molecule has 2 rings (SSSR count). The van der Waals surface area contributed by atoms with Crippen LogP contribution in [0.3, 0.4) is 0 Å². The Labute approximate surface area is 118 Å². The van der Waals surface area contributed by atoms with Crippen LogP contribution >= 0.6 is 0 Å². The first-order valence-electron chi connectivity index (χ1n) is 6.96. The standard InChI is InChI=1S/C15H21N3O2/c1-10(9-14(16)18-20)17-15(19)13-8-4-6-11-5-2-3-7-12(11)13/h2-3,5,7,10,13,20H,4,6,8-9H2,1H3,(H2,16,18)(H,17,19). The van der Waals surface area contributed by atoms with E-state index in [-0.39, 0.29) is 23.7 Å². The Bertz CT molecular complexity index is 514. The number of fused-ring (bicyclic) bond motifs is 1. The van der Waals surface area contributed by atoms with Crippen molar-refractivity contribution in [1.82, 2.24) is 5.32 Å². The van der Waals surface area contributed by atoms with Crippen molar-refractivity contribution in [3.8, 4) is 0 Å². The zero-order valence-corrected chi connectivity index (χ0v) is 11.7. The number of hydrogen-bond donors (Lipinski definition) is 3. The number of aryl methyl sites for hydroxylation is 1. The predicted molar refractivity (Wildman–Crippen MR) is 77.8 cm³/mol. The molecule has 0 aromatic heterocycles. The van der Waals surface area contributed by atoms with Crippen molar-refractivity contribution in [2.75, 3.05) is 0 Å². The van der Waals surface area contributed by atoms with Gasteiger partial charge in [-0.3, -0.25) is 4.79 Å². The topological polar surface area (TPSA) is 87.7 Å². The Kier molecular flexibility index (Phi) is 4.61. The van der Waals surface area contributed by atoms with Gasteiger partial charge in [-0.2, -0.15) is 0 Å². The van der Waals surface area contributed by atoms with Crippen LogP contribution in [0.25, 0.3) is 0 Å². The number of nitrogens with zero attached hydrogens (tertiary/aromatic N) is 1. The van der Waals surface area contributed by atoms with E-state index in [4.69, 9.17) is 10.9 Å². The molecule has 108 valence electrons. The Morgan fingerprint density at radius 3 is 3.05 bits per heavy atom. The highest BCUT2D eigenvalue weighted by Crippen LogP contribution is 2.31. The lowest BCUT2D eigenvalue weighted by atomic mass is 9.82. The fraction of sp³-hybridized carbons (Fsp3) is 0.467. The summed E-state index contributed by atoms with van der Waals surface area (Å²) in [5, 5.41) is 14.4. The highest BCUT2D eigenvalue weighted by molar-refractivity contribution is 5.86. The fourth-order valence-corrected chi connectivity index (χ4v) is 2.78. The van der Waals surface area contributed by atoms with Crippen molar-refractivity contribution in [2.24, 2.45) is 10.9 Å². The van der Waals surface area contributed by atoms with Gasteiger partial charge >= 0.3 is 0 Å². The Hall–Kier alpha value is -2.04. The number of benzene rings is 1. The number of nitrogens with two attached hydrogens (primary N) is 1. The van der Waals surface area contributed by atoms with E-state index >= 15 is 0 Å². The molecule has 1 aliphatic carbocycles. The first kappa shape index (κ1) is 14.4. The number of rotatable bonds is 4. The average molecular weight is 275 g/mol. The molecule has 0 fully saturated rings. The van der Waals surface area contributed by atoms with Gasteiger partial charge in [0.25, 0.3) is 0 Å². The molecule has 5 heteroatoms. The normalized spacial score (nSPS) is 20.1. The second-order valence-corrected chi connectivity index (χ2v) is 5.35. The molecule has 0 saturated heterocycles. The van der Waals surface area contributed by atoms with E-state index in [0.29, 0.717) is 6.42 Å². The van der Waals surface area contributed by atoms with Crippen LogP contribution in [0.4, 0.5) is 0 Å². The molecule has 5 nitrogen and oxygen atoms in total. The summed E-state index contributed by atoms with van der Waals surface area (Å²) in [6.07, 6.45) is 3.29.